The van der Waals surface area contributed by atoms with E-state index >= 15 is 0 Å². The van der Waals surface area contributed by atoms with Crippen molar-refractivity contribution in [3.05, 3.63) is 212 Å². The average molecular weight is 1090 g/mol. The van der Waals surface area contributed by atoms with Crippen LogP contribution in [0.4, 0.5) is 35.1 Å². The summed E-state index contributed by atoms with van der Waals surface area (Å²) in [6.45, 7) is 0.155. The van der Waals surface area contributed by atoms with Crippen molar-refractivity contribution in [2.45, 2.75) is 45.2 Å². The summed E-state index contributed by atoms with van der Waals surface area (Å²) in [5.74, 6) is -1.85. The number of benzene rings is 5. The van der Waals surface area contributed by atoms with E-state index in [0.717, 1.165) is 51.1 Å². The van der Waals surface area contributed by atoms with Crippen LogP contribution >= 0.6 is 23.2 Å². The Kier molecular flexibility index (Phi) is 15.1. The molecule has 390 valence electrons. The van der Waals surface area contributed by atoms with Crippen LogP contribution in [0, 0.1) is 11.6 Å². The first-order chi connectivity index (χ1) is 35.4. The van der Waals surface area contributed by atoms with Crippen molar-refractivity contribution in [3.63, 3.8) is 0 Å². The minimum atomic E-state index is -4.97. The van der Waals surface area contributed by atoms with Gasteiger partial charge in [-0.05, 0) is 101 Å². The number of imidazole rings is 2. The largest absolute Gasteiger partial charge is 0.573 e. The number of halogens is 10. The average Bonchev–Trinajstić information content (AvgIpc) is 3.91. The lowest BCUT2D eigenvalue weighted by atomic mass is 10.1. The molecule has 0 spiro atoms. The van der Waals surface area contributed by atoms with E-state index < -0.39 is 58.4 Å². The number of nitrogens with zero attached hydrogens (tertiary/aromatic N) is 7. The molecule has 0 atom stereocenters. The Morgan fingerprint density at radius 1 is 0.547 bits per heavy atom. The van der Waals surface area contributed by atoms with Gasteiger partial charge in [-0.25, -0.2) is 28.3 Å². The molecule has 4 aromatic heterocycles. The van der Waals surface area contributed by atoms with Crippen molar-refractivity contribution in [1.82, 2.24) is 37.8 Å². The van der Waals surface area contributed by atoms with E-state index in [1.807, 2.05) is 0 Å². The highest BCUT2D eigenvalue weighted by Crippen LogP contribution is 2.29. The van der Waals surface area contributed by atoms with Crippen LogP contribution in [-0.4, -0.2) is 57.6 Å². The molecule has 0 aliphatic heterocycles. The van der Waals surface area contributed by atoms with Crippen LogP contribution in [-0.2, 0) is 46.6 Å². The minimum absolute atomic E-state index is 0.0433. The van der Waals surface area contributed by atoms with Crippen molar-refractivity contribution in [3.8, 4) is 17.2 Å². The molecular weight excluding hydrogens is 1050 g/mol. The van der Waals surface area contributed by atoms with Gasteiger partial charge in [-0.3, -0.25) is 28.3 Å². The van der Waals surface area contributed by atoms with Crippen molar-refractivity contribution >= 4 is 45.5 Å². The van der Waals surface area contributed by atoms with Crippen LogP contribution in [0.5, 0.6) is 17.2 Å². The Labute approximate surface area is 426 Å². The second kappa shape index (κ2) is 21.3. The standard InChI is InChI=1S/C29H23ClF4N4O4.C21H15ClF4N4O3/c1-36-26-25(27(39)38(28(36)40)16-18-5-9-21(41-2)10-6-18)37(15-17-3-7-20(30)8-4-17)24(35-26)14-19-13-22(11-12-23(19)31)42-29(32,33)34;1-29-18-17(19(31)28-20(29)32)30(10-11-2-4-13(22)5-3-11)16(27-18)9-12-8-14(6-7-15(12)23)33-21(24,25)26/h3-13H,14-16H2,1-2H3;2-8H,9-10H2,1H3,(H,28,31,32). The quantitative estimate of drug-likeness (QED) is 0.111. The van der Waals surface area contributed by atoms with Gasteiger partial charge in [0.25, 0.3) is 11.1 Å². The summed E-state index contributed by atoms with van der Waals surface area (Å²) in [5, 5.41) is 0.987. The number of aromatic nitrogens is 8. The molecule has 15 nitrogen and oxygen atoms in total. The fourth-order valence-electron chi connectivity index (χ4n) is 8.01. The lowest BCUT2D eigenvalue weighted by Crippen LogP contribution is -2.40. The van der Waals surface area contributed by atoms with Gasteiger partial charge in [0.2, 0.25) is 0 Å². The highest BCUT2D eigenvalue weighted by molar-refractivity contribution is 6.30. The molecule has 0 aliphatic rings. The summed E-state index contributed by atoms with van der Waals surface area (Å²) < 4.78 is 125. The summed E-state index contributed by atoms with van der Waals surface area (Å²) in [4.78, 5) is 62.8. The Bertz CT molecular complexity index is 3830. The smallest absolute Gasteiger partial charge is 0.497 e. The van der Waals surface area contributed by atoms with Crippen LogP contribution in [0.3, 0.4) is 0 Å². The number of aryl methyl sites for hydroxylation is 2. The Morgan fingerprint density at radius 3 is 1.39 bits per heavy atom. The summed E-state index contributed by atoms with van der Waals surface area (Å²) >= 11 is 12.0. The normalized spacial score (nSPS) is 11.7. The molecule has 9 rings (SSSR count). The first-order valence-corrected chi connectivity index (χ1v) is 22.8. The highest BCUT2D eigenvalue weighted by Gasteiger charge is 2.33. The van der Waals surface area contributed by atoms with Gasteiger partial charge in [0.1, 0.15) is 40.5 Å². The fraction of sp³-hybridized carbons (Fsp3) is 0.200. The number of hydrogen-bond donors (Lipinski definition) is 1. The first-order valence-electron chi connectivity index (χ1n) is 22.0. The molecule has 1 N–H and O–H groups in total. The maximum atomic E-state index is 14.8. The van der Waals surface area contributed by atoms with Crippen LogP contribution in [0.15, 0.2) is 128 Å². The third kappa shape index (κ3) is 12.3. The van der Waals surface area contributed by atoms with Crippen LogP contribution in [0.1, 0.15) is 39.5 Å². The van der Waals surface area contributed by atoms with E-state index in [1.165, 1.54) is 34.9 Å². The SMILES string of the molecule is COc1ccc(Cn2c(=O)c3c(nc(Cc4cc(OC(F)(F)F)ccc4F)n3Cc3ccc(Cl)cc3)n(C)c2=O)cc1.Cn1c(=O)[nH]c(=O)c2c1nc(Cc1cc(OC(F)(F)F)ccc1F)n2Cc1ccc(Cl)cc1. The number of alkyl halides is 6. The van der Waals surface area contributed by atoms with Crippen molar-refractivity contribution in [2.24, 2.45) is 14.1 Å². The summed E-state index contributed by atoms with van der Waals surface area (Å²) in [5.41, 5.74) is -0.600. The number of nitrogens with one attached hydrogen (secondary N) is 1. The number of fused-ring (bicyclic) bond motifs is 2. The summed E-state index contributed by atoms with van der Waals surface area (Å²) in [6, 6.07) is 25.6. The molecule has 0 amide bonds. The predicted octanol–water partition coefficient (Wildman–Crippen LogP) is 9.04. The van der Waals surface area contributed by atoms with Gasteiger partial charge in [0.15, 0.2) is 22.3 Å². The van der Waals surface area contributed by atoms with Gasteiger partial charge >= 0.3 is 24.1 Å². The number of hydrogen-bond acceptors (Lipinski definition) is 9. The Hall–Kier alpha value is -8.18. The van der Waals surface area contributed by atoms with Gasteiger partial charge in [-0.1, -0.05) is 59.6 Å². The van der Waals surface area contributed by atoms with Crippen molar-refractivity contribution < 1.29 is 49.3 Å². The molecule has 0 bridgehead atoms. The van der Waals surface area contributed by atoms with Crippen LogP contribution in [0.25, 0.3) is 22.3 Å². The molecule has 25 heteroatoms. The van der Waals surface area contributed by atoms with Gasteiger partial charge < -0.3 is 23.3 Å². The molecule has 0 unspecified atom stereocenters. The lowest BCUT2D eigenvalue weighted by Gasteiger charge is -2.13. The Morgan fingerprint density at radius 2 is 0.947 bits per heavy atom. The molecule has 9 aromatic rings. The topological polar surface area (TPSA) is 162 Å². The number of H-pyrrole nitrogens is 1. The molecule has 4 heterocycles. The third-order valence-electron chi connectivity index (χ3n) is 11.6. The molecule has 0 saturated heterocycles. The van der Waals surface area contributed by atoms with Crippen LogP contribution in [0.2, 0.25) is 10.0 Å². The van der Waals surface area contributed by atoms with E-state index in [4.69, 9.17) is 27.9 Å². The number of ether oxygens (including phenoxy) is 3. The molecule has 0 radical (unpaired) electrons. The van der Waals surface area contributed by atoms with Gasteiger partial charge in [-0.2, -0.15) is 0 Å². The fourth-order valence-corrected chi connectivity index (χ4v) is 8.26. The van der Waals surface area contributed by atoms with E-state index in [2.05, 4.69) is 24.4 Å². The van der Waals surface area contributed by atoms with Gasteiger partial charge in [0.05, 0.1) is 13.7 Å². The first kappa shape index (κ1) is 53.1. The zero-order valence-corrected chi connectivity index (χ0v) is 40.7. The number of methoxy groups -OCH3 is 1. The summed E-state index contributed by atoms with van der Waals surface area (Å²) in [7, 11) is 4.38. The second-order valence-corrected chi connectivity index (χ2v) is 17.6. The van der Waals surface area contributed by atoms with E-state index in [0.29, 0.717) is 26.9 Å². The van der Waals surface area contributed by atoms with Gasteiger partial charge in [0, 0.05) is 50.1 Å². The third-order valence-corrected chi connectivity index (χ3v) is 12.1. The molecule has 0 aliphatic carbocycles. The molecule has 0 saturated carbocycles. The summed E-state index contributed by atoms with van der Waals surface area (Å²) in [6.07, 6.45) is -10.5. The zero-order chi connectivity index (χ0) is 54.1. The molecular formula is C50H38Cl2F8N8O7. The van der Waals surface area contributed by atoms with E-state index in [9.17, 15) is 54.3 Å². The molecule has 5 aromatic carbocycles. The minimum Gasteiger partial charge on any atom is -0.497 e. The monoisotopic (exact) mass is 1080 g/mol. The van der Waals surface area contributed by atoms with Crippen molar-refractivity contribution in [2.75, 3.05) is 7.11 Å². The number of rotatable bonds is 13. The van der Waals surface area contributed by atoms with Gasteiger partial charge in [-0.15, -0.1) is 26.3 Å². The Balaban J connectivity index is 0.000000205. The molecule has 75 heavy (non-hydrogen) atoms. The second-order valence-electron chi connectivity index (χ2n) is 16.7. The van der Waals surface area contributed by atoms with E-state index in [-0.39, 0.29) is 77.6 Å². The van der Waals surface area contributed by atoms with E-state index in [1.54, 1.807) is 72.8 Å². The molecule has 0 fully saturated rings. The maximum absolute atomic E-state index is 14.8. The zero-order valence-electron chi connectivity index (χ0n) is 39.2. The van der Waals surface area contributed by atoms with Crippen molar-refractivity contribution in [1.29, 1.82) is 0 Å². The predicted molar refractivity (Wildman–Crippen MR) is 260 cm³/mol. The highest BCUT2D eigenvalue weighted by atomic mass is 35.5. The van der Waals surface area contributed by atoms with Crippen LogP contribution < -0.4 is 36.7 Å². The lowest BCUT2D eigenvalue weighted by molar-refractivity contribution is -0.275. The maximum Gasteiger partial charge on any atom is 0.573 e. The number of aromatic amines is 1.